The van der Waals surface area contributed by atoms with Crippen LogP contribution in [0.5, 0.6) is 0 Å². The normalized spacial score (nSPS) is 27.4. The standard InChI is InChI=1S/C35H43FN6O7S/c1-34(2,3)49-32(46)38-26-13-8-6-4-5-7-11-22-17-35(22,30(45)39-31-37-14-15-50-31)40-28(43)27-16-23(19-42(27)29(26)44)48-33(47)41-18-21-10-9-12-25(36)24(21)20-41/h7,9-12,14-15,22-23,26-27H,4-6,8,13,16-20H2,1-3H3,(H,38,46)(H,40,43)(H,37,39,45)/b11-7-/t22-,23-,26+,27+,35-/m1/s1. The van der Waals surface area contributed by atoms with Gasteiger partial charge in [0.25, 0.3) is 5.91 Å². The van der Waals surface area contributed by atoms with Crippen molar-refractivity contribution in [2.24, 2.45) is 5.92 Å². The van der Waals surface area contributed by atoms with Gasteiger partial charge in [0.15, 0.2) is 5.13 Å². The topological polar surface area (TPSA) is 159 Å². The van der Waals surface area contributed by atoms with Crippen molar-refractivity contribution < 1.29 is 37.8 Å². The minimum Gasteiger partial charge on any atom is -0.444 e. The van der Waals surface area contributed by atoms with Crippen LogP contribution in [0.25, 0.3) is 0 Å². The van der Waals surface area contributed by atoms with Crippen molar-refractivity contribution in [2.45, 2.75) is 108 Å². The van der Waals surface area contributed by atoms with Gasteiger partial charge in [-0.05, 0) is 58.1 Å². The fraction of sp³-hybridized carbons (Fsp3) is 0.543. The van der Waals surface area contributed by atoms with Crippen LogP contribution in [0.1, 0.15) is 76.8 Å². The second kappa shape index (κ2) is 14.4. The van der Waals surface area contributed by atoms with E-state index < -0.39 is 65.1 Å². The van der Waals surface area contributed by atoms with Gasteiger partial charge >= 0.3 is 12.2 Å². The number of ether oxygens (including phenoxy) is 2. The molecule has 5 atom stereocenters. The van der Waals surface area contributed by atoms with Crippen molar-refractivity contribution in [2.75, 3.05) is 11.9 Å². The lowest BCUT2D eigenvalue weighted by Crippen LogP contribution is -2.57. The maximum Gasteiger partial charge on any atom is 0.410 e. The Labute approximate surface area is 293 Å². The summed E-state index contributed by atoms with van der Waals surface area (Å²) in [5.74, 6) is -2.19. The molecular weight excluding hydrogens is 667 g/mol. The third kappa shape index (κ3) is 7.92. The number of carbonyl (C=O) groups excluding carboxylic acids is 5. The predicted molar refractivity (Wildman–Crippen MR) is 181 cm³/mol. The molecule has 2 aromatic rings. The fourth-order valence-corrected chi connectivity index (χ4v) is 7.36. The Hall–Kier alpha value is -4.53. The lowest BCUT2D eigenvalue weighted by atomic mass is 10.0. The Morgan fingerprint density at radius 2 is 1.96 bits per heavy atom. The first-order valence-corrected chi connectivity index (χ1v) is 17.9. The molecule has 3 aliphatic heterocycles. The molecule has 268 valence electrons. The van der Waals surface area contributed by atoms with Gasteiger partial charge in [-0.15, -0.1) is 11.3 Å². The van der Waals surface area contributed by atoms with Crippen molar-refractivity contribution in [3.05, 3.63) is 58.9 Å². The molecule has 6 rings (SSSR count). The maximum absolute atomic E-state index is 14.4. The quantitative estimate of drug-likeness (QED) is 0.388. The molecule has 3 N–H and O–H groups in total. The SMILES string of the molecule is CC(C)(C)OC(=O)N[C@H]1CCCCC/C=C\[C@@H]2C[C@@]2(C(=O)Nc2nccs2)NC(=O)[C@@H]2C[C@@H](OC(=O)N3Cc4cccc(F)c4C3)CN2C1=O. The molecule has 0 radical (unpaired) electrons. The maximum atomic E-state index is 14.4. The molecule has 13 nitrogen and oxygen atoms in total. The first kappa shape index (κ1) is 35.3. The molecule has 4 heterocycles. The van der Waals surface area contributed by atoms with E-state index in [1.807, 2.05) is 12.2 Å². The fourth-order valence-electron chi connectivity index (χ4n) is 6.84. The van der Waals surface area contributed by atoms with Crippen molar-refractivity contribution in [3.8, 4) is 0 Å². The van der Waals surface area contributed by atoms with Crippen LogP contribution in [0, 0.1) is 11.7 Å². The number of fused-ring (bicyclic) bond motifs is 3. The lowest BCUT2D eigenvalue weighted by Gasteiger charge is -2.30. The van der Waals surface area contributed by atoms with Crippen molar-refractivity contribution in [1.29, 1.82) is 0 Å². The molecule has 5 amide bonds. The van der Waals surface area contributed by atoms with Gasteiger partial charge < -0.3 is 25.0 Å². The highest BCUT2D eigenvalue weighted by Crippen LogP contribution is 2.46. The van der Waals surface area contributed by atoms with Crippen molar-refractivity contribution >= 4 is 46.4 Å². The summed E-state index contributed by atoms with van der Waals surface area (Å²) in [6.07, 6.45) is 6.80. The number of allylic oxidation sites excluding steroid dienone is 1. The van der Waals surface area contributed by atoms with E-state index >= 15 is 0 Å². The molecule has 1 saturated carbocycles. The monoisotopic (exact) mass is 710 g/mol. The number of hydrogen-bond donors (Lipinski definition) is 3. The van der Waals surface area contributed by atoms with Crippen LogP contribution in [0.4, 0.5) is 19.1 Å². The summed E-state index contributed by atoms with van der Waals surface area (Å²) in [5.41, 5.74) is -0.964. The zero-order valence-corrected chi connectivity index (χ0v) is 29.2. The van der Waals surface area contributed by atoms with E-state index in [0.717, 1.165) is 19.3 Å². The van der Waals surface area contributed by atoms with Crippen LogP contribution in [0.2, 0.25) is 0 Å². The summed E-state index contributed by atoms with van der Waals surface area (Å²) in [7, 11) is 0. The van der Waals surface area contributed by atoms with Gasteiger partial charge in [0.05, 0.1) is 13.1 Å². The minimum atomic E-state index is -1.26. The summed E-state index contributed by atoms with van der Waals surface area (Å²) >= 11 is 1.26. The van der Waals surface area contributed by atoms with Gasteiger partial charge in [0.1, 0.15) is 35.1 Å². The van der Waals surface area contributed by atoms with Crippen molar-refractivity contribution in [1.82, 2.24) is 25.4 Å². The van der Waals surface area contributed by atoms with Crippen LogP contribution in [0.15, 0.2) is 41.9 Å². The molecular formula is C35H43FN6O7S. The molecule has 4 aliphatic rings. The molecule has 0 spiro atoms. The molecule has 15 heteroatoms. The number of halogens is 1. The number of amides is 5. The second-order valence-corrected chi connectivity index (χ2v) is 15.2. The van der Waals surface area contributed by atoms with Crippen LogP contribution in [-0.2, 0) is 36.9 Å². The average molecular weight is 711 g/mol. The highest BCUT2D eigenvalue weighted by Gasteiger charge is 2.61. The lowest BCUT2D eigenvalue weighted by molar-refractivity contribution is -0.141. The molecule has 50 heavy (non-hydrogen) atoms. The Bertz CT molecular complexity index is 1660. The zero-order valence-electron chi connectivity index (χ0n) is 28.4. The van der Waals surface area contributed by atoms with E-state index in [0.29, 0.717) is 35.5 Å². The molecule has 0 unspecified atom stereocenters. The smallest absolute Gasteiger partial charge is 0.410 e. The number of thiazole rings is 1. The van der Waals surface area contributed by atoms with Crippen LogP contribution in [0.3, 0.4) is 0 Å². The van der Waals surface area contributed by atoms with E-state index in [-0.39, 0.29) is 32.0 Å². The molecule has 2 fully saturated rings. The van der Waals surface area contributed by atoms with Gasteiger partial charge in [-0.2, -0.15) is 0 Å². The summed E-state index contributed by atoms with van der Waals surface area (Å²) in [4.78, 5) is 75.2. The summed E-state index contributed by atoms with van der Waals surface area (Å²) in [5, 5.41) is 10.6. The third-order valence-electron chi connectivity index (χ3n) is 9.44. The van der Waals surface area contributed by atoms with Gasteiger partial charge in [-0.25, -0.2) is 19.0 Å². The first-order valence-electron chi connectivity index (χ1n) is 17.0. The molecule has 1 saturated heterocycles. The van der Waals surface area contributed by atoms with E-state index in [1.165, 1.54) is 27.2 Å². The van der Waals surface area contributed by atoms with E-state index in [2.05, 4.69) is 20.9 Å². The number of anilines is 1. The number of nitrogens with one attached hydrogen (secondary N) is 3. The zero-order chi connectivity index (χ0) is 35.6. The van der Waals surface area contributed by atoms with E-state index in [9.17, 15) is 28.4 Å². The van der Waals surface area contributed by atoms with Crippen LogP contribution in [-0.4, -0.2) is 80.6 Å². The Morgan fingerprint density at radius 1 is 1.14 bits per heavy atom. The van der Waals surface area contributed by atoms with Crippen LogP contribution < -0.4 is 16.0 Å². The minimum absolute atomic E-state index is 0.0354. The van der Waals surface area contributed by atoms with Gasteiger partial charge in [0.2, 0.25) is 11.8 Å². The Morgan fingerprint density at radius 3 is 2.70 bits per heavy atom. The largest absolute Gasteiger partial charge is 0.444 e. The molecule has 0 bridgehead atoms. The third-order valence-corrected chi connectivity index (χ3v) is 10.1. The molecule has 1 aliphatic carbocycles. The van der Waals surface area contributed by atoms with Crippen molar-refractivity contribution in [3.63, 3.8) is 0 Å². The number of alkyl carbamates (subject to hydrolysis) is 1. The second-order valence-electron chi connectivity index (χ2n) is 14.3. The summed E-state index contributed by atoms with van der Waals surface area (Å²) in [6, 6.07) is 2.55. The summed E-state index contributed by atoms with van der Waals surface area (Å²) in [6.45, 7) is 5.24. The predicted octanol–water partition coefficient (Wildman–Crippen LogP) is 4.63. The average Bonchev–Trinajstić information content (AvgIpc) is 3.47. The Balaban J connectivity index is 1.25. The molecule has 1 aromatic carbocycles. The summed E-state index contributed by atoms with van der Waals surface area (Å²) < 4.78 is 25.7. The van der Waals surface area contributed by atoms with E-state index in [4.69, 9.17) is 9.47 Å². The number of benzene rings is 1. The molecule has 1 aromatic heterocycles. The van der Waals surface area contributed by atoms with Gasteiger partial charge in [-0.3, -0.25) is 24.6 Å². The number of rotatable bonds is 4. The highest BCUT2D eigenvalue weighted by atomic mass is 32.1. The first-order chi connectivity index (χ1) is 23.8. The number of carbonyl (C=O) groups is 5. The number of nitrogens with zero attached hydrogens (tertiary/aromatic N) is 3. The van der Waals surface area contributed by atoms with E-state index in [1.54, 1.807) is 44.5 Å². The Kier molecular flexibility index (Phi) is 10.1. The van der Waals surface area contributed by atoms with Gasteiger partial charge in [0, 0.05) is 36.0 Å². The van der Waals surface area contributed by atoms with Crippen LogP contribution >= 0.6 is 11.3 Å². The van der Waals surface area contributed by atoms with Gasteiger partial charge in [-0.1, -0.05) is 37.1 Å². The number of hydrogen-bond acceptors (Lipinski definition) is 9. The number of aromatic nitrogens is 1. The highest BCUT2D eigenvalue weighted by molar-refractivity contribution is 7.13.